The van der Waals surface area contributed by atoms with Crippen molar-refractivity contribution in [3.8, 4) is 0 Å². The minimum atomic E-state index is 0.768. The van der Waals surface area contributed by atoms with E-state index in [9.17, 15) is 0 Å². The van der Waals surface area contributed by atoms with Gasteiger partial charge in [-0.15, -0.1) is 0 Å². The normalized spacial score (nSPS) is 28.0. The molecule has 1 saturated heterocycles. The lowest BCUT2D eigenvalue weighted by Crippen LogP contribution is -2.43. The summed E-state index contributed by atoms with van der Waals surface area (Å²) in [4.78, 5) is 2.72. The van der Waals surface area contributed by atoms with E-state index in [-0.39, 0.29) is 0 Å². The Balaban J connectivity index is 1.27. The summed E-state index contributed by atoms with van der Waals surface area (Å²) < 4.78 is 0. The van der Waals surface area contributed by atoms with E-state index in [1.165, 1.54) is 110 Å². The van der Waals surface area contributed by atoms with Crippen LogP contribution >= 0.6 is 0 Å². The zero-order chi connectivity index (χ0) is 14.4. The molecule has 0 radical (unpaired) electrons. The zero-order valence-corrected chi connectivity index (χ0v) is 14.0. The van der Waals surface area contributed by atoms with Crippen molar-refractivity contribution in [2.45, 2.75) is 77.0 Å². The highest BCUT2D eigenvalue weighted by atomic mass is 15.1. The van der Waals surface area contributed by atoms with Gasteiger partial charge in [0.15, 0.2) is 0 Å². The van der Waals surface area contributed by atoms with Crippen LogP contribution in [0.5, 0.6) is 0 Å². The third-order valence-electron chi connectivity index (χ3n) is 6.59. The van der Waals surface area contributed by atoms with Crippen LogP contribution in [0.3, 0.4) is 0 Å². The second-order valence-corrected chi connectivity index (χ2v) is 8.11. The summed E-state index contributed by atoms with van der Waals surface area (Å²) >= 11 is 0. The molecule has 0 bridgehead atoms. The van der Waals surface area contributed by atoms with Gasteiger partial charge in [0.05, 0.1) is 0 Å². The fourth-order valence-electron chi connectivity index (χ4n) is 4.99. The summed E-state index contributed by atoms with van der Waals surface area (Å²) in [5.41, 5.74) is 0.768. The molecule has 3 rings (SSSR count). The van der Waals surface area contributed by atoms with Crippen molar-refractivity contribution in [3.05, 3.63) is 0 Å². The van der Waals surface area contributed by atoms with E-state index in [2.05, 4.69) is 10.2 Å². The Morgan fingerprint density at radius 2 is 1.48 bits per heavy atom. The molecule has 2 heteroatoms. The van der Waals surface area contributed by atoms with Gasteiger partial charge in [-0.25, -0.2) is 0 Å². The molecule has 2 saturated carbocycles. The Morgan fingerprint density at radius 1 is 0.810 bits per heavy atom. The largest absolute Gasteiger partial charge is 0.315 e. The first-order chi connectivity index (χ1) is 10.4. The molecular weight excluding hydrogens is 256 g/mol. The van der Waals surface area contributed by atoms with Gasteiger partial charge in [0.25, 0.3) is 0 Å². The third-order valence-corrected chi connectivity index (χ3v) is 6.59. The van der Waals surface area contributed by atoms with Crippen LogP contribution in [0.4, 0.5) is 0 Å². The predicted octanol–water partition coefficient (Wildman–Crippen LogP) is 4.20. The first kappa shape index (κ1) is 15.8. The van der Waals surface area contributed by atoms with Crippen molar-refractivity contribution in [3.63, 3.8) is 0 Å². The van der Waals surface area contributed by atoms with Crippen molar-refractivity contribution >= 4 is 0 Å². The lowest BCUT2D eigenvalue weighted by atomic mass is 9.68. The van der Waals surface area contributed by atoms with Crippen molar-refractivity contribution in [2.75, 3.05) is 32.7 Å². The summed E-state index contributed by atoms with van der Waals surface area (Å²) in [5.74, 6) is 0.977. The minimum Gasteiger partial charge on any atom is -0.315 e. The summed E-state index contributed by atoms with van der Waals surface area (Å²) in [6, 6.07) is 0. The third kappa shape index (κ3) is 4.69. The number of nitrogens with one attached hydrogen (secondary N) is 1. The highest BCUT2D eigenvalue weighted by Crippen LogP contribution is 2.44. The van der Waals surface area contributed by atoms with Crippen LogP contribution < -0.4 is 5.32 Å². The van der Waals surface area contributed by atoms with Crippen LogP contribution in [-0.2, 0) is 0 Å². The Labute approximate surface area is 132 Å². The van der Waals surface area contributed by atoms with E-state index < -0.39 is 0 Å². The van der Waals surface area contributed by atoms with Crippen molar-refractivity contribution in [1.29, 1.82) is 0 Å². The molecule has 3 aliphatic rings. The SMILES string of the molecule is C1CCC(CNCCN2CCC3(CCCCC3)CC2)CC1. The fraction of sp³-hybridized carbons (Fsp3) is 1.00. The Hall–Kier alpha value is -0.0800. The summed E-state index contributed by atoms with van der Waals surface area (Å²) in [6.07, 6.45) is 17.9. The summed E-state index contributed by atoms with van der Waals surface area (Å²) in [7, 11) is 0. The molecule has 1 heterocycles. The minimum absolute atomic E-state index is 0.768. The van der Waals surface area contributed by atoms with Gasteiger partial charge >= 0.3 is 0 Å². The summed E-state index contributed by atoms with van der Waals surface area (Å²) in [5, 5.41) is 3.73. The molecular formula is C19H36N2. The average Bonchev–Trinajstić information content (AvgIpc) is 2.55. The molecule has 0 aromatic carbocycles. The molecule has 1 spiro atoms. The lowest BCUT2D eigenvalue weighted by Gasteiger charge is -2.44. The Bertz CT molecular complexity index is 280. The van der Waals surface area contributed by atoms with Gasteiger partial charge in [0.1, 0.15) is 0 Å². The summed E-state index contributed by atoms with van der Waals surface area (Å²) in [6.45, 7) is 6.50. The monoisotopic (exact) mass is 292 g/mol. The molecule has 1 N–H and O–H groups in total. The van der Waals surface area contributed by atoms with E-state index in [0.29, 0.717) is 0 Å². The molecule has 0 aromatic heterocycles. The average molecular weight is 293 g/mol. The fourth-order valence-corrected chi connectivity index (χ4v) is 4.99. The van der Waals surface area contributed by atoms with Crippen molar-refractivity contribution < 1.29 is 0 Å². The van der Waals surface area contributed by atoms with Gasteiger partial charge in [-0.3, -0.25) is 0 Å². The van der Waals surface area contributed by atoms with Crippen LogP contribution in [0.1, 0.15) is 77.0 Å². The molecule has 0 amide bonds. The van der Waals surface area contributed by atoms with Gasteiger partial charge in [0, 0.05) is 13.1 Å². The Kier molecular flexibility index (Phi) is 5.99. The molecule has 0 atom stereocenters. The van der Waals surface area contributed by atoms with Gasteiger partial charge < -0.3 is 10.2 Å². The van der Waals surface area contributed by atoms with Crippen LogP contribution in [0, 0.1) is 11.3 Å². The van der Waals surface area contributed by atoms with Crippen molar-refractivity contribution in [1.82, 2.24) is 10.2 Å². The molecule has 21 heavy (non-hydrogen) atoms. The predicted molar refractivity (Wildman–Crippen MR) is 90.6 cm³/mol. The number of likely N-dealkylation sites (tertiary alicyclic amines) is 1. The molecule has 2 nitrogen and oxygen atoms in total. The van der Waals surface area contributed by atoms with E-state index in [4.69, 9.17) is 0 Å². The zero-order valence-electron chi connectivity index (χ0n) is 14.0. The Morgan fingerprint density at radius 3 is 2.19 bits per heavy atom. The van der Waals surface area contributed by atoms with Gasteiger partial charge in [-0.2, -0.15) is 0 Å². The van der Waals surface area contributed by atoms with Crippen molar-refractivity contribution in [2.24, 2.45) is 11.3 Å². The molecule has 2 aliphatic carbocycles. The first-order valence-corrected chi connectivity index (χ1v) is 9.79. The van der Waals surface area contributed by atoms with Crippen LogP contribution in [0.25, 0.3) is 0 Å². The maximum atomic E-state index is 3.73. The highest BCUT2D eigenvalue weighted by Gasteiger charge is 2.35. The maximum absolute atomic E-state index is 3.73. The highest BCUT2D eigenvalue weighted by molar-refractivity contribution is 4.88. The quantitative estimate of drug-likeness (QED) is 0.764. The topological polar surface area (TPSA) is 15.3 Å². The standard InChI is InChI=1S/C19H36N2/c1-3-7-18(8-4-1)17-20-13-16-21-14-11-19(12-15-21)9-5-2-6-10-19/h18,20H,1-17H2. The van der Waals surface area contributed by atoms with Gasteiger partial charge in [0.2, 0.25) is 0 Å². The smallest absolute Gasteiger partial charge is 0.0107 e. The molecule has 0 aromatic rings. The van der Waals surface area contributed by atoms with Gasteiger partial charge in [-0.1, -0.05) is 38.5 Å². The van der Waals surface area contributed by atoms with E-state index in [1.54, 1.807) is 0 Å². The second-order valence-electron chi connectivity index (χ2n) is 8.11. The van der Waals surface area contributed by atoms with E-state index in [0.717, 1.165) is 11.3 Å². The van der Waals surface area contributed by atoms with Crippen LogP contribution in [0.2, 0.25) is 0 Å². The molecule has 0 unspecified atom stereocenters. The number of hydrogen-bond acceptors (Lipinski definition) is 2. The lowest BCUT2D eigenvalue weighted by molar-refractivity contribution is 0.0682. The van der Waals surface area contributed by atoms with E-state index in [1.807, 2.05) is 0 Å². The second kappa shape index (κ2) is 7.97. The van der Waals surface area contributed by atoms with Crippen LogP contribution in [0.15, 0.2) is 0 Å². The van der Waals surface area contributed by atoms with Crippen LogP contribution in [-0.4, -0.2) is 37.6 Å². The number of hydrogen-bond donors (Lipinski definition) is 1. The van der Waals surface area contributed by atoms with E-state index >= 15 is 0 Å². The number of rotatable bonds is 5. The first-order valence-electron chi connectivity index (χ1n) is 9.79. The number of piperidine rings is 1. The molecule has 122 valence electrons. The number of nitrogens with zero attached hydrogens (tertiary/aromatic N) is 1. The van der Waals surface area contributed by atoms with Gasteiger partial charge in [-0.05, 0) is 69.5 Å². The molecule has 3 fully saturated rings. The maximum Gasteiger partial charge on any atom is 0.0107 e. The molecule has 1 aliphatic heterocycles.